The van der Waals surface area contributed by atoms with E-state index in [9.17, 15) is 5.26 Å². The third-order valence-corrected chi connectivity index (χ3v) is 5.88. The predicted molar refractivity (Wildman–Crippen MR) is 84.8 cm³/mol. The van der Waals surface area contributed by atoms with Gasteiger partial charge in [-0.3, -0.25) is 0 Å². The highest BCUT2D eigenvalue weighted by atomic mass is 32.1. The van der Waals surface area contributed by atoms with E-state index < -0.39 is 0 Å². The monoisotopic (exact) mass is 281 g/mol. The Labute approximate surface area is 124 Å². The van der Waals surface area contributed by atoms with Gasteiger partial charge in [0, 0.05) is 9.75 Å². The summed E-state index contributed by atoms with van der Waals surface area (Å²) in [6.07, 6.45) is 1.04. The van der Waals surface area contributed by atoms with Crippen LogP contribution in [0.5, 0.6) is 0 Å². The number of hydrogen-bond acceptors (Lipinski definition) is 2. The Morgan fingerprint density at radius 3 is 2.60 bits per heavy atom. The summed E-state index contributed by atoms with van der Waals surface area (Å²) in [5.74, 6) is 0.764. The number of nitriles is 1. The Kier molecular flexibility index (Phi) is 3.18. The Hall–Kier alpha value is -1.59. The molecule has 1 aromatic heterocycles. The summed E-state index contributed by atoms with van der Waals surface area (Å²) >= 11 is 1.86. The Morgan fingerprint density at radius 1 is 1.30 bits per heavy atom. The minimum absolute atomic E-state index is 0.307. The molecule has 0 unspecified atom stereocenters. The van der Waals surface area contributed by atoms with Crippen LogP contribution in [0.3, 0.4) is 0 Å². The third-order valence-electron chi connectivity index (χ3n) is 4.68. The first-order chi connectivity index (χ1) is 9.59. The van der Waals surface area contributed by atoms with Gasteiger partial charge in [0.15, 0.2) is 0 Å². The van der Waals surface area contributed by atoms with Gasteiger partial charge in [0.1, 0.15) is 0 Å². The van der Waals surface area contributed by atoms with E-state index in [-0.39, 0.29) is 5.41 Å². The number of hydrogen-bond donors (Lipinski definition) is 0. The van der Waals surface area contributed by atoms with Crippen molar-refractivity contribution in [1.29, 1.82) is 5.26 Å². The van der Waals surface area contributed by atoms with Crippen LogP contribution < -0.4 is 0 Å². The second-order valence-corrected chi connectivity index (χ2v) is 7.19. The van der Waals surface area contributed by atoms with E-state index in [0.717, 1.165) is 6.42 Å². The van der Waals surface area contributed by atoms with Crippen molar-refractivity contribution in [3.8, 4) is 16.5 Å². The van der Waals surface area contributed by atoms with Crippen molar-refractivity contribution < 1.29 is 0 Å². The maximum atomic E-state index is 9.84. The molecule has 0 aliphatic heterocycles. The van der Waals surface area contributed by atoms with Gasteiger partial charge in [0.2, 0.25) is 0 Å². The molecule has 20 heavy (non-hydrogen) atoms. The number of thiophene rings is 1. The van der Waals surface area contributed by atoms with Crippen LogP contribution in [0.15, 0.2) is 36.4 Å². The lowest BCUT2D eigenvalue weighted by atomic mass is 9.69. The summed E-state index contributed by atoms with van der Waals surface area (Å²) in [4.78, 5) is 2.70. The Balaban J connectivity index is 2.13. The van der Waals surface area contributed by atoms with Gasteiger partial charge in [0.25, 0.3) is 0 Å². The van der Waals surface area contributed by atoms with Crippen LogP contribution in [0.4, 0.5) is 0 Å². The molecule has 2 aromatic rings. The van der Waals surface area contributed by atoms with Gasteiger partial charge < -0.3 is 0 Å². The average Bonchev–Trinajstić information content (AvgIpc) is 2.95. The largest absolute Gasteiger partial charge is 0.197 e. The SMILES string of the molecule is CC(C)[C@]1(C#N)c2cc(-c3ccccc3)sc2C[C@H]1C. The van der Waals surface area contributed by atoms with E-state index in [1.165, 1.54) is 20.9 Å². The summed E-state index contributed by atoms with van der Waals surface area (Å²) in [5, 5.41) is 9.84. The minimum Gasteiger partial charge on any atom is -0.197 e. The zero-order chi connectivity index (χ0) is 14.3. The lowest BCUT2D eigenvalue weighted by Gasteiger charge is -2.31. The van der Waals surface area contributed by atoms with Crippen molar-refractivity contribution >= 4 is 11.3 Å². The molecule has 0 amide bonds. The molecular weight excluding hydrogens is 262 g/mol. The third kappa shape index (κ3) is 1.73. The molecule has 2 heteroatoms. The van der Waals surface area contributed by atoms with Gasteiger partial charge in [-0.1, -0.05) is 51.1 Å². The highest BCUT2D eigenvalue weighted by molar-refractivity contribution is 7.15. The second kappa shape index (κ2) is 4.75. The van der Waals surface area contributed by atoms with Gasteiger partial charge in [-0.05, 0) is 35.4 Å². The van der Waals surface area contributed by atoms with Crippen LogP contribution in [0.25, 0.3) is 10.4 Å². The molecular formula is C18H19NS. The summed E-state index contributed by atoms with van der Waals surface area (Å²) < 4.78 is 0. The fourth-order valence-electron chi connectivity index (χ4n) is 3.56. The highest BCUT2D eigenvalue weighted by Crippen LogP contribution is 2.52. The molecule has 3 rings (SSSR count). The molecule has 0 fully saturated rings. The van der Waals surface area contributed by atoms with Crippen molar-refractivity contribution in [2.75, 3.05) is 0 Å². The van der Waals surface area contributed by atoms with Gasteiger partial charge in [-0.15, -0.1) is 11.3 Å². The maximum absolute atomic E-state index is 9.84. The van der Waals surface area contributed by atoms with Gasteiger partial charge >= 0.3 is 0 Å². The van der Waals surface area contributed by atoms with E-state index >= 15 is 0 Å². The molecule has 1 aliphatic rings. The van der Waals surface area contributed by atoms with Crippen molar-refractivity contribution in [2.24, 2.45) is 11.8 Å². The normalized spacial score (nSPS) is 24.6. The molecule has 0 bridgehead atoms. The summed E-state index contributed by atoms with van der Waals surface area (Å²) in [7, 11) is 0. The van der Waals surface area contributed by atoms with E-state index in [2.05, 4.69) is 57.2 Å². The lowest BCUT2D eigenvalue weighted by molar-refractivity contribution is 0.302. The fourth-order valence-corrected chi connectivity index (χ4v) is 4.93. The average molecular weight is 281 g/mol. The molecule has 0 spiro atoms. The van der Waals surface area contributed by atoms with E-state index in [0.29, 0.717) is 11.8 Å². The van der Waals surface area contributed by atoms with Crippen molar-refractivity contribution in [1.82, 2.24) is 0 Å². The predicted octanol–water partition coefficient (Wildman–Crippen LogP) is 5.02. The molecule has 1 aliphatic carbocycles. The molecule has 1 heterocycles. The first-order valence-electron chi connectivity index (χ1n) is 7.19. The number of nitrogens with zero attached hydrogens (tertiary/aromatic N) is 1. The van der Waals surface area contributed by atoms with Crippen LogP contribution in [0, 0.1) is 23.2 Å². The number of benzene rings is 1. The van der Waals surface area contributed by atoms with Crippen molar-refractivity contribution in [3.05, 3.63) is 46.8 Å². The van der Waals surface area contributed by atoms with E-state index in [4.69, 9.17) is 0 Å². The zero-order valence-electron chi connectivity index (χ0n) is 12.2. The van der Waals surface area contributed by atoms with Crippen LogP contribution in [-0.4, -0.2) is 0 Å². The topological polar surface area (TPSA) is 23.8 Å². The number of fused-ring (bicyclic) bond motifs is 1. The molecule has 1 aromatic carbocycles. The van der Waals surface area contributed by atoms with Gasteiger partial charge in [0.05, 0.1) is 11.5 Å². The zero-order valence-corrected chi connectivity index (χ0v) is 13.0. The van der Waals surface area contributed by atoms with Gasteiger partial charge in [-0.25, -0.2) is 0 Å². The maximum Gasteiger partial charge on any atom is 0.0884 e. The lowest BCUT2D eigenvalue weighted by Crippen LogP contribution is -2.34. The first kappa shape index (κ1) is 13.4. The molecule has 102 valence electrons. The van der Waals surface area contributed by atoms with Crippen LogP contribution in [-0.2, 0) is 11.8 Å². The molecule has 0 radical (unpaired) electrons. The van der Waals surface area contributed by atoms with Crippen LogP contribution in [0.1, 0.15) is 31.2 Å². The first-order valence-corrected chi connectivity index (χ1v) is 8.01. The van der Waals surface area contributed by atoms with Crippen LogP contribution >= 0.6 is 11.3 Å². The Bertz CT molecular complexity index is 662. The molecule has 2 atom stereocenters. The minimum atomic E-state index is -0.307. The van der Waals surface area contributed by atoms with Gasteiger partial charge in [-0.2, -0.15) is 5.26 Å². The molecule has 0 saturated heterocycles. The van der Waals surface area contributed by atoms with Crippen molar-refractivity contribution in [2.45, 2.75) is 32.6 Å². The molecule has 0 saturated carbocycles. The quantitative estimate of drug-likeness (QED) is 0.758. The Morgan fingerprint density at radius 2 is 2.00 bits per heavy atom. The highest BCUT2D eigenvalue weighted by Gasteiger charge is 2.48. The summed E-state index contributed by atoms with van der Waals surface area (Å²) in [6.45, 7) is 6.57. The molecule has 0 N–H and O–H groups in total. The molecule has 1 nitrogen and oxygen atoms in total. The van der Waals surface area contributed by atoms with Crippen molar-refractivity contribution in [3.63, 3.8) is 0 Å². The summed E-state index contributed by atoms with van der Waals surface area (Å²) in [5.41, 5.74) is 2.24. The fraction of sp³-hybridized carbons (Fsp3) is 0.389. The number of rotatable bonds is 2. The van der Waals surface area contributed by atoms with E-state index in [1.807, 2.05) is 17.4 Å². The van der Waals surface area contributed by atoms with Crippen LogP contribution in [0.2, 0.25) is 0 Å². The standard InChI is InChI=1S/C18H19NS/c1-12(2)18(11-19)13(3)9-17-15(18)10-16(20-17)14-7-5-4-6-8-14/h4-8,10,12-13H,9H2,1-3H3/t13-,18+/m1/s1. The van der Waals surface area contributed by atoms with E-state index in [1.54, 1.807) is 0 Å². The smallest absolute Gasteiger partial charge is 0.0884 e. The summed E-state index contributed by atoms with van der Waals surface area (Å²) in [6, 6.07) is 15.4. The second-order valence-electron chi connectivity index (χ2n) is 6.05.